The number of rotatable bonds is 5. The number of aromatic nitrogens is 3. The molecule has 6 heterocycles. The molecule has 0 saturated heterocycles. The van der Waals surface area contributed by atoms with Crippen molar-refractivity contribution >= 4 is 162 Å². The molecule has 22 rings (SSSR count). The number of fused-ring (bicyclic) bond motifs is 8. The fourth-order valence-corrected chi connectivity index (χ4v) is 16.8. The molecule has 0 aliphatic rings. The fraction of sp³-hybridized carbons (Fsp3) is 0. The third kappa shape index (κ3) is 8.85. The Morgan fingerprint density at radius 2 is 0.561 bits per heavy atom. The average molecular weight is 1270 g/mol. The van der Waals surface area contributed by atoms with E-state index < -0.39 is 0 Å². The van der Waals surface area contributed by atoms with Crippen molar-refractivity contribution in [2.75, 3.05) is 0 Å². The lowest BCUT2D eigenvalue weighted by Gasteiger charge is -2.10. The summed E-state index contributed by atoms with van der Waals surface area (Å²) in [4.78, 5) is 0. The van der Waals surface area contributed by atoms with Crippen LogP contribution in [0.25, 0.3) is 190 Å². The second kappa shape index (κ2) is 22.5. The minimum atomic E-state index is 0.904. The zero-order valence-electron chi connectivity index (χ0n) is 53.0. The molecule has 0 unspecified atom stereocenters. The lowest BCUT2D eigenvalue weighted by Crippen LogP contribution is -1.94. The van der Waals surface area contributed by atoms with Gasteiger partial charge in [-0.3, -0.25) is 0 Å². The van der Waals surface area contributed by atoms with Crippen LogP contribution in [-0.2, 0) is 0 Å². The predicted molar refractivity (Wildman–Crippen MR) is 416 cm³/mol. The van der Waals surface area contributed by atoms with E-state index in [2.05, 4.69) is 347 Å². The first-order valence-electron chi connectivity index (χ1n) is 33.4. The van der Waals surface area contributed by atoms with Crippen LogP contribution in [0.2, 0.25) is 0 Å². The molecule has 0 fully saturated rings. The summed E-state index contributed by atoms with van der Waals surface area (Å²) in [5.74, 6) is 0. The highest BCUT2D eigenvalue weighted by Crippen LogP contribution is 2.46. The molecule has 0 N–H and O–H groups in total. The van der Waals surface area contributed by atoms with Gasteiger partial charge in [0.2, 0.25) is 0 Å². The van der Waals surface area contributed by atoms with Crippen LogP contribution in [0.1, 0.15) is 0 Å². The number of para-hydroxylation sites is 2. The maximum atomic E-state index is 6.45. The number of hydrogen-bond donors (Lipinski definition) is 0. The fourth-order valence-electron chi connectivity index (χ4n) is 15.6. The van der Waals surface area contributed by atoms with Crippen molar-refractivity contribution in [1.29, 1.82) is 0 Å². The zero-order chi connectivity index (χ0) is 64.4. The molecule has 0 bridgehead atoms. The SMILES string of the molecule is c1ccc(-c2cccc(-n3c4cccc5oc6ccccc6c6cccc3c6c54)c2)cc1.c1ccc2cc(-c3ccc(-n4c5cccc6sc7ccccc7c7cccc4c7c65)cc3)ccc2c1.c1ccc2cc(-n3c4cccc5oc6ccccc6c6cccc3c6c54)ccc2c1. The summed E-state index contributed by atoms with van der Waals surface area (Å²) in [7, 11) is 0. The van der Waals surface area contributed by atoms with E-state index >= 15 is 0 Å². The smallest absolute Gasteiger partial charge is 0.137 e. The van der Waals surface area contributed by atoms with Gasteiger partial charge in [0, 0.05) is 58.8 Å². The standard InChI is InChI=1S/C34H21NS.C30H19NO.C28H17NO/c1-2-8-24-21-25(16-15-22(24)7-1)23-17-19-26(20-18-23)35-29-11-5-10-28-27-9-3-4-13-31(27)36-32-14-6-12-30(35)34(32)33(28)29;1-2-9-20(10-3-1)21-11-6-12-22(19-21)31-25-15-7-14-24-23-13-4-5-17-27(23)32-28-18-8-16-26(31)30(28)29(24)25;1-2-8-19-17-20(16-15-18(19)7-1)29-23-11-5-10-22-21-9-3-4-13-25(21)30-26-14-6-12-24(29)28(26)27(22)23/h1-21H;1-19H;1-17H. The molecular weight excluding hydrogens is 1210 g/mol. The van der Waals surface area contributed by atoms with E-state index in [0.717, 1.165) is 55.5 Å². The summed E-state index contributed by atoms with van der Waals surface area (Å²) in [6.07, 6.45) is 0. The van der Waals surface area contributed by atoms with E-state index in [0.29, 0.717) is 0 Å². The average Bonchev–Trinajstić information content (AvgIpc) is 1.58. The molecule has 0 saturated carbocycles. The van der Waals surface area contributed by atoms with Gasteiger partial charge in [0.1, 0.15) is 22.3 Å². The van der Waals surface area contributed by atoms with Crippen LogP contribution in [0.4, 0.5) is 0 Å². The van der Waals surface area contributed by atoms with Crippen molar-refractivity contribution < 1.29 is 8.83 Å². The Kier molecular flexibility index (Phi) is 12.8. The summed E-state index contributed by atoms with van der Waals surface area (Å²) in [5.41, 5.74) is 19.3. The van der Waals surface area contributed by atoms with Crippen molar-refractivity contribution in [3.05, 3.63) is 346 Å². The summed E-state index contributed by atoms with van der Waals surface area (Å²) in [6, 6.07) is 123. The molecule has 16 aromatic carbocycles. The van der Waals surface area contributed by atoms with Crippen LogP contribution in [0.15, 0.2) is 355 Å². The second-order valence-electron chi connectivity index (χ2n) is 25.4. The predicted octanol–water partition coefficient (Wildman–Crippen LogP) is 26.2. The van der Waals surface area contributed by atoms with Gasteiger partial charge in [0.05, 0.1) is 43.9 Å². The lowest BCUT2D eigenvalue weighted by molar-refractivity contribution is 0.663. The Morgan fingerprint density at radius 3 is 1.18 bits per heavy atom. The quantitative estimate of drug-likeness (QED) is 0.172. The minimum Gasteiger partial charge on any atom is -0.456 e. The lowest BCUT2D eigenvalue weighted by atomic mass is 10.0. The maximum Gasteiger partial charge on any atom is 0.137 e. The Bertz CT molecular complexity index is 6940. The third-order valence-corrected chi connectivity index (χ3v) is 21.1. The van der Waals surface area contributed by atoms with E-state index in [1.54, 1.807) is 0 Å². The molecule has 0 radical (unpaired) electrons. The first-order chi connectivity index (χ1) is 48.6. The van der Waals surface area contributed by atoms with Gasteiger partial charge in [-0.1, -0.05) is 231 Å². The van der Waals surface area contributed by atoms with Gasteiger partial charge in [-0.2, -0.15) is 0 Å². The molecule has 6 heteroatoms. The molecule has 0 aliphatic heterocycles. The summed E-state index contributed by atoms with van der Waals surface area (Å²) in [5, 5.41) is 19.9. The van der Waals surface area contributed by atoms with Crippen molar-refractivity contribution in [1.82, 2.24) is 13.7 Å². The molecule has 0 amide bonds. The highest BCUT2D eigenvalue weighted by molar-refractivity contribution is 7.24. The molecule has 5 nitrogen and oxygen atoms in total. The van der Waals surface area contributed by atoms with E-state index in [1.807, 2.05) is 23.5 Å². The first kappa shape index (κ1) is 55.7. The van der Waals surface area contributed by atoms with Crippen molar-refractivity contribution in [2.45, 2.75) is 0 Å². The third-order valence-electron chi connectivity index (χ3n) is 19.9. The Hall–Kier alpha value is -12.7. The largest absolute Gasteiger partial charge is 0.456 e. The van der Waals surface area contributed by atoms with Gasteiger partial charge in [0.25, 0.3) is 0 Å². The zero-order valence-corrected chi connectivity index (χ0v) is 53.8. The van der Waals surface area contributed by atoms with Crippen LogP contribution in [0.5, 0.6) is 0 Å². The molecule has 458 valence electrons. The van der Waals surface area contributed by atoms with Gasteiger partial charge in [-0.15, -0.1) is 11.3 Å². The summed E-state index contributed by atoms with van der Waals surface area (Å²) in [6.45, 7) is 0. The van der Waals surface area contributed by atoms with Crippen LogP contribution in [0.3, 0.4) is 0 Å². The highest BCUT2D eigenvalue weighted by Gasteiger charge is 2.22. The molecule has 0 aliphatic carbocycles. The van der Waals surface area contributed by atoms with Crippen LogP contribution < -0.4 is 0 Å². The number of benzene rings is 16. The van der Waals surface area contributed by atoms with E-state index in [9.17, 15) is 0 Å². The molecule has 22 aromatic rings. The van der Waals surface area contributed by atoms with Crippen molar-refractivity contribution in [3.63, 3.8) is 0 Å². The van der Waals surface area contributed by atoms with Gasteiger partial charge < -0.3 is 22.5 Å². The van der Waals surface area contributed by atoms with Crippen molar-refractivity contribution in [2.24, 2.45) is 0 Å². The molecule has 98 heavy (non-hydrogen) atoms. The maximum absolute atomic E-state index is 6.45. The molecule has 0 atom stereocenters. The second-order valence-corrected chi connectivity index (χ2v) is 26.5. The van der Waals surface area contributed by atoms with Gasteiger partial charge in [-0.25, -0.2) is 0 Å². The Labute approximate surface area is 566 Å². The Balaban J connectivity index is 0.000000100. The first-order valence-corrected chi connectivity index (χ1v) is 34.2. The van der Waals surface area contributed by atoms with Gasteiger partial charge in [-0.05, 0) is 181 Å². The summed E-state index contributed by atoms with van der Waals surface area (Å²) < 4.78 is 22.7. The summed E-state index contributed by atoms with van der Waals surface area (Å²) >= 11 is 1.88. The molecule has 6 aromatic heterocycles. The van der Waals surface area contributed by atoms with Crippen LogP contribution in [0, 0.1) is 0 Å². The van der Waals surface area contributed by atoms with Crippen molar-refractivity contribution in [3.8, 4) is 39.3 Å². The van der Waals surface area contributed by atoms with Crippen LogP contribution >= 0.6 is 11.3 Å². The molecular formula is C92H57N3O2S. The topological polar surface area (TPSA) is 41.1 Å². The van der Waals surface area contributed by atoms with E-state index in [-0.39, 0.29) is 0 Å². The molecule has 0 spiro atoms. The monoisotopic (exact) mass is 1270 g/mol. The Morgan fingerprint density at radius 1 is 0.194 bits per heavy atom. The highest BCUT2D eigenvalue weighted by atomic mass is 32.1. The van der Waals surface area contributed by atoms with Gasteiger partial charge >= 0.3 is 0 Å². The number of hydrogen-bond acceptors (Lipinski definition) is 3. The number of nitrogens with zero attached hydrogens (tertiary/aromatic N) is 3. The van der Waals surface area contributed by atoms with E-state index in [4.69, 9.17) is 8.83 Å². The normalized spacial score (nSPS) is 11.9. The minimum absolute atomic E-state index is 0.904. The van der Waals surface area contributed by atoms with Gasteiger partial charge in [0.15, 0.2) is 0 Å². The van der Waals surface area contributed by atoms with E-state index in [1.165, 1.54) is 135 Å². The van der Waals surface area contributed by atoms with Crippen LogP contribution in [-0.4, -0.2) is 13.7 Å².